The van der Waals surface area contributed by atoms with E-state index >= 15 is 0 Å². The van der Waals surface area contributed by atoms with Gasteiger partial charge in [-0.3, -0.25) is 4.79 Å². The number of sulfone groups is 1. The number of benzene rings is 1. The van der Waals surface area contributed by atoms with Gasteiger partial charge in [-0.2, -0.15) is 4.98 Å². The van der Waals surface area contributed by atoms with E-state index in [1.54, 1.807) is 0 Å². The third kappa shape index (κ3) is 4.24. The van der Waals surface area contributed by atoms with E-state index in [4.69, 9.17) is 4.52 Å². The van der Waals surface area contributed by atoms with Crippen LogP contribution in [0.4, 0.5) is 10.3 Å². The average molecular weight is 463 g/mol. The predicted molar refractivity (Wildman–Crippen MR) is 115 cm³/mol. The molecule has 32 heavy (non-hydrogen) atoms. The molecule has 8 nitrogen and oxygen atoms in total. The first-order valence-corrected chi connectivity index (χ1v) is 13.1. The van der Waals surface area contributed by atoms with E-state index in [-0.39, 0.29) is 29.2 Å². The maximum atomic E-state index is 14.5. The molecule has 3 aliphatic rings. The van der Waals surface area contributed by atoms with Crippen molar-refractivity contribution in [1.82, 2.24) is 15.0 Å². The zero-order valence-corrected chi connectivity index (χ0v) is 18.9. The molecular formula is C22H27FN4O4S. The van der Waals surface area contributed by atoms with Gasteiger partial charge >= 0.3 is 0 Å². The van der Waals surface area contributed by atoms with Crippen molar-refractivity contribution in [3.8, 4) is 0 Å². The molecule has 0 radical (unpaired) electrons. The van der Waals surface area contributed by atoms with E-state index in [0.29, 0.717) is 30.4 Å². The Morgan fingerprint density at radius 2 is 1.88 bits per heavy atom. The predicted octanol–water partition coefficient (Wildman–Crippen LogP) is 2.55. The first kappa shape index (κ1) is 21.4. The molecule has 0 N–H and O–H groups in total. The van der Waals surface area contributed by atoms with E-state index in [1.165, 1.54) is 12.1 Å². The van der Waals surface area contributed by atoms with Gasteiger partial charge in [0.2, 0.25) is 11.8 Å². The van der Waals surface area contributed by atoms with Gasteiger partial charge in [-0.15, -0.1) is 0 Å². The summed E-state index contributed by atoms with van der Waals surface area (Å²) in [6, 6.07) is 4.11. The van der Waals surface area contributed by atoms with Crippen molar-refractivity contribution in [3.63, 3.8) is 0 Å². The van der Waals surface area contributed by atoms with Crippen LogP contribution < -0.4 is 4.90 Å². The highest BCUT2D eigenvalue weighted by molar-refractivity contribution is 7.90. The molecule has 2 saturated heterocycles. The monoisotopic (exact) mass is 462 g/mol. The lowest BCUT2D eigenvalue weighted by Crippen LogP contribution is -2.46. The van der Waals surface area contributed by atoms with Gasteiger partial charge in [0.25, 0.3) is 5.95 Å². The molecule has 3 heterocycles. The van der Waals surface area contributed by atoms with Crippen molar-refractivity contribution in [3.05, 3.63) is 35.5 Å². The molecule has 1 saturated carbocycles. The molecule has 1 amide bonds. The van der Waals surface area contributed by atoms with Gasteiger partial charge in [-0.1, -0.05) is 6.07 Å². The second kappa shape index (κ2) is 8.13. The van der Waals surface area contributed by atoms with E-state index in [1.807, 2.05) is 4.90 Å². The molecule has 1 aromatic heterocycles. The van der Waals surface area contributed by atoms with Crippen LogP contribution in [0.2, 0.25) is 0 Å². The largest absolute Gasteiger partial charge is 0.339 e. The number of piperidine rings is 1. The Bertz CT molecular complexity index is 1120. The lowest BCUT2D eigenvalue weighted by molar-refractivity contribution is -0.133. The minimum Gasteiger partial charge on any atom is -0.339 e. The molecular weight excluding hydrogens is 435 g/mol. The molecule has 1 aliphatic carbocycles. The van der Waals surface area contributed by atoms with Crippen molar-refractivity contribution in [1.29, 1.82) is 0 Å². The fourth-order valence-electron chi connectivity index (χ4n) is 4.73. The van der Waals surface area contributed by atoms with E-state index in [9.17, 15) is 17.6 Å². The summed E-state index contributed by atoms with van der Waals surface area (Å²) in [5, 5.41) is 4.11. The summed E-state index contributed by atoms with van der Waals surface area (Å²) in [5.74, 6) is 1.02. The molecule has 2 aliphatic heterocycles. The summed E-state index contributed by atoms with van der Waals surface area (Å²) in [6.07, 6.45) is 5.93. The van der Waals surface area contributed by atoms with Gasteiger partial charge in [0.1, 0.15) is 5.82 Å². The molecule has 0 bridgehead atoms. The second-order valence-corrected chi connectivity index (χ2v) is 11.2. The first-order valence-electron chi connectivity index (χ1n) is 11.2. The quantitative estimate of drug-likeness (QED) is 0.651. The van der Waals surface area contributed by atoms with Crippen LogP contribution in [-0.4, -0.2) is 61.3 Å². The van der Waals surface area contributed by atoms with Crippen LogP contribution in [-0.2, 0) is 21.1 Å². The Kier molecular flexibility index (Phi) is 5.43. The van der Waals surface area contributed by atoms with Crippen LogP contribution in [0.15, 0.2) is 27.6 Å². The maximum Gasteiger partial charge on any atom is 0.266 e. The summed E-state index contributed by atoms with van der Waals surface area (Å²) in [4.78, 5) is 21.6. The number of anilines is 1. The fourth-order valence-corrected chi connectivity index (χ4v) is 5.37. The Hall–Kier alpha value is -2.49. The highest BCUT2D eigenvalue weighted by Crippen LogP contribution is 2.39. The van der Waals surface area contributed by atoms with Gasteiger partial charge < -0.3 is 14.3 Å². The van der Waals surface area contributed by atoms with E-state index in [2.05, 4.69) is 15.0 Å². The van der Waals surface area contributed by atoms with Crippen molar-refractivity contribution in [2.24, 2.45) is 5.92 Å². The molecule has 3 fully saturated rings. The number of carbonyl (C=O) groups is 1. The van der Waals surface area contributed by atoms with Crippen molar-refractivity contribution in [2.45, 2.75) is 55.4 Å². The highest BCUT2D eigenvalue weighted by atomic mass is 32.2. The van der Waals surface area contributed by atoms with Gasteiger partial charge in [0, 0.05) is 43.8 Å². The molecule has 0 unspecified atom stereocenters. The SMILES string of the molecule is CS(=O)(=O)c1ccc(C[C@H]2CCN(C3CCN(c4noc(C5CC5)n4)CC3)C2=O)c(F)c1. The summed E-state index contributed by atoms with van der Waals surface area (Å²) >= 11 is 0. The van der Waals surface area contributed by atoms with Gasteiger partial charge in [0.05, 0.1) is 4.90 Å². The topological polar surface area (TPSA) is 96.6 Å². The molecule has 172 valence electrons. The standard InChI is InChI=1S/C22H27FN4O4S/c1-32(29,30)18-5-4-15(19(23)13-18)12-16-6-11-27(21(16)28)17-7-9-26(10-8-17)22-24-20(31-25-22)14-2-3-14/h4-5,13-14,16-17H,2-3,6-12H2,1H3/t16-/m1/s1. The minimum absolute atomic E-state index is 0.0456. The molecule has 2 aromatic rings. The average Bonchev–Trinajstić information content (AvgIpc) is 3.38. The Labute approximate surface area is 186 Å². The van der Waals surface area contributed by atoms with Crippen LogP contribution in [0.5, 0.6) is 0 Å². The smallest absolute Gasteiger partial charge is 0.266 e. The lowest BCUT2D eigenvalue weighted by Gasteiger charge is -2.36. The summed E-state index contributed by atoms with van der Waals surface area (Å²) in [6.45, 7) is 2.21. The van der Waals surface area contributed by atoms with Gasteiger partial charge in [-0.05, 0) is 61.4 Å². The normalized spacial score (nSPS) is 22.7. The first-order chi connectivity index (χ1) is 15.3. The Morgan fingerprint density at radius 3 is 2.53 bits per heavy atom. The Morgan fingerprint density at radius 1 is 1.12 bits per heavy atom. The van der Waals surface area contributed by atoms with Gasteiger partial charge in [-0.25, -0.2) is 12.8 Å². The number of hydrogen-bond donors (Lipinski definition) is 0. The number of halogens is 1. The number of amides is 1. The third-order valence-corrected chi connectivity index (χ3v) is 7.93. The van der Waals surface area contributed by atoms with Crippen LogP contribution in [0, 0.1) is 11.7 Å². The van der Waals surface area contributed by atoms with Crippen molar-refractivity contribution < 1.29 is 22.1 Å². The molecule has 1 aromatic carbocycles. The molecule has 10 heteroatoms. The second-order valence-electron chi connectivity index (χ2n) is 9.17. The Balaban J connectivity index is 1.18. The van der Waals surface area contributed by atoms with Crippen LogP contribution in [0.3, 0.4) is 0 Å². The van der Waals surface area contributed by atoms with Crippen LogP contribution in [0.25, 0.3) is 0 Å². The van der Waals surface area contributed by atoms with Crippen molar-refractivity contribution in [2.75, 3.05) is 30.8 Å². The number of likely N-dealkylation sites (tertiary alicyclic amines) is 1. The molecule has 1 atom stereocenters. The van der Waals surface area contributed by atoms with E-state index in [0.717, 1.165) is 57.0 Å². The summed E-state index contributed by atoms with van der Waals surface area (Å²) in [5.41, 5.74) is 0.385. The van der Waals surface area contributed by atoms with Crippen molar-refractivity contribution >= 4 is 21.7 Å². The third-order valence-electron chi connectivity index (χ3n) is 6.82. The minimum atomic E-state index is -3.46. The summed E-state index contributed by atoms with van der Waals surface area (Å²) in [7, 11) is -3.46. The number of rotatable bonds is 6. The van der Waals surface area contributed by atoms with Crippen LogP contribution in [0.1, 0.15) is 49.5 Å². The maximum absolute atomic E-state index is 14.5. The highest BCUT2D eigenvalue weighted by Gasteiger charge is 2.38. The fraction of sp³-hybridized carbons (Fsp3) is 0.591. The number of nitrogens with zero attached hydrogens (tertiary/aromatic N) is 4. The lowest BCUT2D eigenvalue weighted by atomic mass is 9.97. The van der Waals surface area contributed by atoms with E-state index < -0.39 is 15.7 Å². The number of hydrogen-bond acceptors (Lipinski definition) is 7. The zero-order chi connectivity index (χ0) is 22.5. The molecule has 5 rings (SSSR count). The summed E-state index contributed by atoms with van der Waals surface area (Å²) < 4.78 is 43.0. The van der Waals surface area contributed by atoms with Crippen LogP contribution >= 0.6 is 0 Å². The molecule has 0 spiro atoms. The number of aromatic nitrogens is 2. The number of carbonyl (C=O) groups excluding carboxylic acids is 1. The zero-order valence-electron chi connectivity index (χ0n) is 18.0. The van der Waals surface area contributed by atoms with Gasteiger partial charge in [0.15, 0.2) is 9.84 Å².